The molecule has 0 radical (unpaired) electrons. The second-order valence-corrected chi connectivity index (χ2v) is 6.11. The molecule has 4 heteroatoms. The van der Waals surface area contributed by atoms with Crippen LogP contribution in [0.5, 0.6) is 0 Å². The van der Waals surface area contributed by atoms with E-state index in [1.54, 1.807) is 0 Å². The van der Waals surface area contributed by atoms with Gasteiger partial charge in [0.1, 0.15) is 0 Å². The SMILES string of the molecule is CCC(C)(C)C(=O)N1CC2CCC(N)C2C1.Cl. The van der Waals surface area contributed by atoms with Crippen molar-refractivity contribution < 1.29 is 4.79 Å². The number of nitrogens with two attached hydrogens (primary N) is 1. The highest BCUT2D eigenvalue weighted by Gasteiger charge is 2.44. The van der Waals surface area contributed by atoms with Crippen molar-refractivity contribution >= 4 is 18.3 Å². The number of likely N-dealkylation sites (tertiary alicyclic amines) is 1. The Morgan fingerprint density at radius 3 is 2.53 bits per heavy atom. The number of amides is 1. The molecule has 1 amide bonds. The van der Waals surface area contributed by atoms with E-state index in [1.165, 1.54) is 6.42 Å². The molecule has 0 aromatic rings. The van der Waals surface area contributed by atoms with E-state index in [-0.39, 0.29) is 17.8 Å². The molecular weight excluding hydrogens is 236 g/mol. The summed E-state index contributed by atoms with van der Waals surface area (Å²) in [6, 6.07) is 0.326. The molecule has 100 valence electrons. The zero-order valence-corrected chi connectivity index (χ0v) is 11.9. The molecule has 0 aromatic carbocycles. The fourth-order valence-corrected chi connectivity index (χ4v) is 3.05. The standard InChI is InChI=1S/C13H24N2O.ClH/c1-4-13(2,3)12(16)15-7-9-5-6-11(14)10(9)8-15;/h9-11H,4-8,14H2,1-3H3;1H. The Morgan fingerprint density at radius 2 is 2.00 bits per heavy atom. The number of halogens is 1. The maximum atomic E-state index is 12.3. The van der Waals surface area contributed by atoms with Gasteiger partial charge in [-0.25, -0.2) is 0 Å². The summed E-state index contributed by atoms with van der Waals surface area (Å²) < 4.78 is 0. The molecule has 1 aliphatic heterocycles. The molecule has 2 fully saturated rings. The summed E-state index contributed by atoms with van der Waals surface area (Å²) in [5.41, 5.74) is 5.88. The molecule has 3 unspecified atom stereocenters. The van der Waals surface area contributed by atoms with E-state index in [0.29, 0.717) is 23.8 Å². The fraction of sp³-hybridized carbons (Fsp3) is 0.923. The first-order valence-corrected chi connectivity index (χ1v) is 6.50. The lowest BCUT2D eigenvalue weighted by Crippen LogP contribution is -2.40. The van der Waals surface area contributed by atoms with Crippen LogP contribution in [0.25, 0.3) is 0 Å². The Kier molecular flexibility index (Phi) is 4.48. The molecule has 2 N–H and O–H groups in total. The van der Waals surface area contributed by atoms with Crippen LogP contribution in [-0.4, -0.2) is 29.9 Å². The van der Waals surface area contributed by atoms with E-state index in [1.807, 2.05) is 13.8 Å². The van der Waals surface area contributed by atoms with Gasteiger partial charge >= 0.3 is 0 Å². The minimum atomic E-state index is -0.206. The van der Waals surface area contributed by atoms with Gasteiger partial charge in [-0.2, -0.15) is 0 Å². The molecule has 1 aliphatic carbocycles. The summed E-state index contributed by atoms with van der Waals surface area (Å²) in [6.45, 7) is 8.02. The van der Waals surface area contributed by atoms with Crippen LogP contribution >= 0.6 is 12.4 Å². The molecule has 1 saturated heterocycles. The predicted octanol–water partition coefficient (Wildman–Crippen LogP) is 2.04. The smallest absolute Gasteiger partial charge is 0.228 e. The Bertz CT molecular complexity index is 293. The summed E-state index contributed by atoms with van der Waals surface area (Å²) >= 11 is 0. The lowest BCUT2D eigenvalue weighted by Gasteiger charge is -2.29. The van der Waals surface area contributed by atoms with Crippen molar-refractivity contribution in [1.29, 1.82) is 0 Å². The van der Waals surface area contributed by atoms with E-state index in [2.05, 4.69) is 11.8 Å². The van der Waals surface area contributed by atoms with E-state index < -0.39 is 0 Å². The van der Waals surface area contributed by atoms with E-state index in [0.717, 1.165) is 25.9 Å². The van der Waals surface area contributed by atoms with Crippen LogP contribution in [0.15, 0.2) is 0 Å². The van der Waals surface area contributed by atoms with Crippen molar-refractivity contribution in [2.24, 2.45) is 23.0 Å². The van der Waals surface area contributed by atoms with Gasteiger partial charge < -0.3 is 10.6 Å². The minimum absolute atomic E-state index is 0. The zero-order chi connectivity index (χ0) is 11.9. The third kappa shape index (κ3) is 2.60. The Balaban J connectivity index is 0.00000144. The van der Waals surface area contributed by atoms with Gasteiger partial charge in [-0.15, -0.1) is 12.4 Å². The monoisotopic (exact) mass is 260 g/mol. The summed E-state index contributed by atoms with van der Waals surface area (Å²) in [7, 11) is 0. The van der Waals surface area contributed by atoms with Crippen molar-refractivity contribution in [1.82, 2.24) is 4.90 Å². The number of fused-ring (bicyclic) bond motifs is 1. The van der Waals surface area contributed by atoms with Gasteiger partial charge in [-0.05, 0) is 31.1 Å². The Labute approximate surface area is 111 Å². The van der Waals surface area contributed by atoms with E-state index in [4.69, 9.17) is 5.73 Å². The summed E-state index contributed by atoms with van der Waals surface area (Å²) in [4.78, 5) is 14.4. The molecule has 17 heavy (non-hydrogen) atoms. The number of nitrogens with zero attached hydrogens (tertiary/aromatic N) is 1. The molecule has 0 spiro atoms. The highest BCUT2D eigenvalue weighted by atomic mass is 35.5. The minimum Gasteiger partial charge on any atom is -0.342 e. The fourth-order valence-electron chi connectivity index (χ4n) is 3.05. The van der Waals surface area contributed by atoms with Crippen molar-refractivity contribution in [2.45, 2.75) is 46.1 Å². The molecule has 0 aromatic heterocycles. The van der Waals surface area contributed by atoms with E-state index in [9.17, 15) is 4.79 Å². The molecule has 0 bridgehead atoms. The van der Waals surface area contributed by atoms with Crippen LogP contribution in [-0.2, 0) is 4.79 Å². The van der Waals surface area contributed by atoms with Crippen LogP contribution in [0, 0.1) is 17.3 Å². The topological polar surface area (TPSA) is 46.3 Å². The van der Waals surface area contributed by atoms with Crippen molar-refractivity contribution in [2.75, 3.05) is 13.1 Å². The summed E-state index contributed by atoms with van der Waals surface area (Å²) in [5.74, 6) is 1.56. The maximum Gasteiger partial charge on any atom is 0.228 e. The van der Waals surface area contributed by atoms with Crippen molar-refractivity contribution in [3.05, 3.63) is 0 Å². The lowest BCUT2D eigenvalue weighted by atomic mass is 9.88. The van der Waals surface area contributed by atoms with Gasteiger partial charge in [0.2, 0.25) is 5.91 Å². The summed E-state index contributed by atoms with van der Waals surface area (Å²) in [6.07, 6.45) is 3.26. The molecule has 2 rings (SSSR count). The number of carbonyl (C=O) groups is 1. The van der Waals surface area contributed by atoms with Gasteiger partial charge in [-0.3, -0.25) is 4.79 Å². The number of rotatable bonds is 2. The number of carbonyl (C=O) groups excluding carboxylic acids is 1. The Hall–Kier alpha value is -0.280. The predicted molar refractivity (Wildman–Crippen MR) is 72.1 cm³/mol. The number of hydrogen-bond donors (Lipinski definition) is 1. The highest BCUT2D eigenvalue weighted by molar-refractivity contribution is 5.85. The van der Waals surface area contributed by atoms with Crippen LogP contribution in [0.4, 0.5) is 0 Å². The number of hydrogen-bond acceptors (Lipinski definition) is 2. The molecule has 3 nitrogen and oxygen atoms in total. The van der Waals surface area contributed by atoms with Gasteiger partial charge in [0, 0.05) is 24.5 Å². The third-order valence-electron chi connectivity index (χ3n) is 4.66. The lowest BCUT2D eigenvalue weighted by molar-refractivity contribution is -0.139. The van der Waals surface area contributed by atoms with Gasteiger partial charge in [0.05, 0.1) is 0 Å². The molecule has 1 heterocycles. The quantitative estimate of drug-likeness (QED) is 0.826. The third-order valence-corrected chi connectivity index (χ3v) is 4.66. The molecular formula is C13H25ClN2O. The average Bonchev–Trinajstić information content (AvgIpc) is 2.80. The maximum absolute atomic E-state index is 12.3. The van der Waals surface area contributed by atoms with Crippen LogP contribution in [0.3, 0.4) is 0 Å². The van der Waals surface area contributed by atoms with Gasteiger partial charge in [0.25, 0.3) is 0 Å². The zero-order valence-electron chi connectivity index (χ0n) is 11.1. The van der Waals surface area contributed by atoms with E-state index >= 15 is 0 Å². The second kappa shape index (κ2) is 5.15. The highest BCUT2D eigenvalue weighted by Crippen LogP contribution is 2.38. The first-order chi connectivity index (χ1) is 7.45. The first-order valence-electron chi connectivity index (χ1n) is 6.50. The molecule has 2 aliphatic rings. The van der Waals surface area contributed by atoms with Gasteiger partial charge in [0.15, 0.2) is 0 Å². The van der Waals surface area contributed by atoms with Gasteiger partial charge in [-0.1, -0.05) is 20.8 Å². The van der Waals surface area contributed by atoms with Crippen LogP contribution < -0.4 is 5.73 Å². The second-order valence-electron chi connectivity index (χ2n) is 6.11. The summed E-state index contributed by atoms with van der Waals surface area (Å²) in [5, 5.41) is 0. The average molecular weight is 261 g/mol. The molecule has 1 saturated carbocycles. The van der Waals surface area contributed by atoms with Crippen molar-refractivity contribution in [3.63, 3.8) is 0 Å². The first kappa shape index (κ1) is 14.8. The van der Waals surface area contributed by atoms with Crippen molar-refractivity contribution in [3.8, 4) is 0 Å². The van der Waals surface area contributed by atoms with Crippen LogP contribution in [0.2, 0.25) is 0 Å². The van der Waals surface area contributed by atoms with Crippen LogP contribution in [0.1, 0.15) is 40.0 Å². The largest absolute Gasteiger partial charge is 0.342 e. The normalized spacial score (nSPS) is 32.2. The Morgan fingerprint density at radius 1 is 1.35 bits per heavy atom. The molecule has 3 atom stereocenters.